The summed E-state index contributed by atoms with van der Waals surface area (Å²) >= 11 is 0. The van der Waals surface area contributed by atoms with Gasteiger partial charge < -0.3 is 0 Å². The molecule has 0 saturated carbocycles. The molecule has 0 aliphatic rings. The van der Waals surface area contributed by atoms with Crippen LogP contribution in [-0.4, -0.2) is 0 Å². The molecule has 0 N–H and O–H groups in total. The van der Waals surface area contributed by atoms with E-state index in [0.29, 0.717) is 0 Å². The van der Waals surface area contributed by atoms with E-state index in [1.54, 1.807) is 6.08 Å². The van der Waals surface area contributed by atoms with E-state index in [2.05, 4.69) is 0 Å². The predicted octanol–water partition coefficient (Wildman–Crippen LogP) is 1.55. The molecule has 0 unspecified atom stereocenters. The van der Waals surface area contributed by atoms with E-state index in [1.165, 1.54) is 6.08 Å². The SMILES string of the molecule is [CH-]=CC=CC.[W]. The van der Waals surface area contributed by atoms with Gasteiger partial charge in [0.2, 0.25) is 0 Å². The molecule has 0 aromatic heterocycles. The molecule has 0 spiro atoms. The fourth-order valence-electron chi connectivity index (χ4n) is 0.111. The van der Waals surface area contributed by atoms with Crippen molar-refractivity contribution in [3.63, 3.8) is 0 Å². The summed E-state index contributed by atoms with van der Waals surface area (Å²) in [5.74, 6) is 0. The van der Waals surface area contributed by atoms with Gasteiger partial charge in [-0.1, -0.05) is 6.92 Å². The molecule has 34 valence electrons. The Bertz CT molecular complexity index is 45.9. The summed E-state index contributed by atoms with van der Waals surface area (Å²) in [6.07, 6.45) is 5.15. The van der Waals surface area contributed by atoms with Crippen molar-refractivity contribution in [2.75, 3.05) is 0 Å². The number of rotatable bonds is 1. The molecule has 0 aromatic carbocycles. The van der Waals surface area contributed by atoms with Crippen LogP contribution >= 0.6 is 0 Å². The standard InChI is InChI=1S/C5H7.W/c1-3-5-4-2;/h1,3-5H,2H3;/q-1;. The Labute approximate surface area is 53.2 Å². The second-order valence-electron chi connectivity index (χ2n) is 0.718. The van der Waals surface area contributed by atoms with Crippen LogP contribution < -0.4 is 0 Å². The van der Waals surface area contributed by atoms with Crippen LogP contribution in [0, 0.1) is 6.58 Å². The summed E-state index contributed by atoms with van der Waals surface area (Å²) in [4.78, 5) is 0. The Morgan fingerprint density at radius 1 is 1.50 bits per heavy atom. The first-order valence-corrected chi connectivity index (χ1v) is 1.58. The minimum atomic E-state index is 0. The minimum Gasteiger partial charge on any atom is -0.293 e. The van der Waals surface area contributed by atoms with Gasteiger partial charge in [0.1, 0.15) is 0 Å². The van der Waals surface area contributed by atoms with Crippen LogP contribution in [0.15, 0.2) is 18.2 Å². The Hall–Kier alpha value is 0.168. The molecule has 0 nitrogen and oxygen atoms in total. The predicted molar refractivity (Wildman–Crippen MR) is 23.7 cm³/mol. The van der Waals surface area contributed by atoms with E-state index in [0.717, 1.165) is 0 Å². The molecule has 0 atom stereocenters. The molecule has 0 aliphatic heterocycles. The third-order valence-corrected chi connectivity index (χ3v) is 0.304. The molecule has 0 heterocycles. The number of hydrogen-bond donors (Lipinski definition) is 0. The maximum Gasteiger partial charge on any atom is 0 e. The molecule has 0 bridgehead atoms. The molecule has 0 radical (unpaired) electrons. The van der Waals surface area contributed by atoms with Crippen molar-refractivity contribution in [3.05, 3.63) is 24.8 Å². The van der Waals surface area contributed by atoms with Gasteiger partial charge >= 0.3 is 0 Å². The van der Waals surface area contributed by atoms with Crippen molar-refractivity contribution in [1.29, 1.82) is 0 Å². The maximum absolute atomic E-state index is 4.93. The summed E-state index contributed by atoms with van der Waals surface area (Å²) in [5.41, 5.74) is 0. The van der Waals surface area contributed by atoms with Crippen LogP contribution in [0.5, 0.6) is 0 Å². The largest absolute Gasteiger partial charge is 0.293 e. The van der Waals surface area contributed by atoms with Gasteiger partial charge in [-0.05, 0) is 0 Å². The quantitative estimate of drug-likeness (QED) is 0.490. The van der Waals surface area contributed by atoms with Gasteiger partial charge in [0, 0.05) is 21.1 Å². The second kappa shape index (κ2) is 8.95. The average Bonchev–Trinajstić information content (AvgIpc) is 1.41. The van der Waals surface area contributed by atoms with Gasteiger partial charge in [0.05, 0.1) is 0 Å². The zero-order chi connectivity index (χ0) is 4.12. The van der Waals surface area contributed by atoms with E-state index >= 15 is 0 Å². The molecule has 0 rings (SSSR count). The maximum atomic E-state index is 4.93. The van der Waals surface area contributed by atoms with Crippen molar-refractivity contribution >= 4 is 0 Å². The Balaban J connectivity index is 0. The van der Waals surface area contributed by atoms with Gasteiger partial charge in [-0.25, -0.2) is 12.2 Å². The molecule has 0 aliphatic carbocycles. The summed E-state index contributed by atoms with van der Waals surface area (Å²) in [7, 11) is 0. The Morgan fingerprint density at radius 3 is 2.00 bits per heavy atom. The fourth-order valence-corrected chi connectivity index (χ4v) is 0.111. The third-order valence-electron chi connectivity index (χ3n) is 0.304. The molecule has 0 fully saturated rings. The van der Waals surface area contributed by atoms with Crippen LogP contribution in [0.2, 0.25) is 0 Å². The Morgan fingerprint density at radius 2 is 2.00 bits per heavy atom. The topological polar surface area (TPSA) is 0 Å². The number of hydrogen-bond acceptors (Lipinski definition) is 0. The van der Waals surface area contributed by atoms with Crippen molar-refractivity contribution in [2.24, 2.45) is 0 Å². The van der Waals surface area contributed by atoms with Crippen molar-refractivity contribution in [1.82, 2.24) is 0 Å². The van der Waals surface area contributed by atoms with Crippen molar-refractivity contribution < 1.29 is 21.1 Å². The summed E-state index contributed by atoms with van der Waals surface area (Å²) in [6, 6.07) is 0. The van der Waals surface area contributed by atoms with E-state index in [4.69, 9.17) is 6.58 Å². The van der Waals surface area contributed by atoms with Crippen LogP contribution in [0.3, 0.4) is 0 Å². The zero-order valence-electron chi connectivity index (χ0n) is 3.72. The van der Waals surface area contributed by atoms with Crippen LogP contribution in [0.1, 0.15) is 6.92 Å². The van der Waals surface area contributed by atoms with Gasteiger partial charge in [0.15, 0.2) is 0 Å². The summed E-state index contributed by atoms with van der Waals surface area (Å²) in [5, 5.41) is 0. The van der Waals surface area contributed by atoms with Gasteiger partial charge in [-0.15, -0.1) is 0 Å². The van der Waals surface area contributed by atoms with Crippen LogP contribution in [0.4, 0.5) is 0 Å². The molecule has 1 heteroatoms. The Kier molecular flexibility index (Phi) is 14.1. The number of allylic oxidation sites excluding steroid dienone is 3. The van der Waals surface area contributed by atoms with Gasteiger partial charge in [-0.2, -0.15) is 6.08 Å². The third kappa shape index (κ3) is 8.90. The molecule has 6 heavy (non-hydrogen) atoms. The van der Waals surface area contributed by atoms with E-state index in [-0.39, 0.29) is 21.1 Å². The van der Waals surface area contributed by atoms with Crippen LogP contribution in [0.25, 0.3) is 0 Å². The first-order valence-electron chi connectivity index (χ1n) is 1.58. The fraction of sp³-hybridized carbons (Fsp3) is 0.200. The van der Waals surface area contributed by atoms with Crippen LogP contribution in [-0.2, 0) is 21.1 Å². The second-order valence-corrected chi connectivity index (χ2v) is 0.718. The van der Waals surface area contributed by atoms with Crippen molar-refractivity contribution in [3.8, 4) is 0 Å². The van der Waals surface area contributed by atoms with E-state index < -0.39 is 0 Å². The van der Waals surface area contributed by atoms with E-state index in [9.17, 15) is 0 Å². The molecule has 0 amide bonds. The van der Waals surface area contributed by atoms with E-state index in [1.807, 2.05) is 13.0 Å². The van der Waals surface area contributed by atoms with Gasteiger partial charge in [0.25, 0.3) is 0 Å². The summed E-state index contributed by atoms with van der Waals surface area (Å²) < 4.78 is 0. The zero-order valence-corrected chi connectivity index (χ0v) is 6.65. The van der Waals surface area contributed by atoms with Crippen molar-refractivity contribution in [2.45, 2.75) is 6.92 Å². The molecule has 0 aromatic rings. The normalized spacial score (nSPS) is 7.50. The minimum absolute atomic E-state index is 0. The smallest absolute Gasteiger partial charge is 0 e. The summed E-state index contributed by atoms with van der Waals surface area (Å²) in [6.45, 7) is 6.85. The first kappa shape index (κ1) is 9.48. The first-order chi connectivity index (χ1) is 2.41. The molecule has 0 saturated heterocycles. The molecular weight excluding hydrogens is 244 g/mol. The average molecular weight is 251 g/mol. The monoisotopic (exact) mass is 251 g/mol. The van der Waals surface area contributed by atoms with Gasteiger partial charge in [-0.3, -0.25) is 6.58 Å². The molecular formula is C5H7W-.